The maximum atomic E-state index is 11.8. The summed E-state index contributed by atoms with van der Waals surface area (Å²) in [5, 5.41) is 0. The molecule has 0 atom stereocenters. The van der Waals surface area contributed by atoms with E-state index in [2.05, 4.69) is 18.8 Å². The summed E-state index contributed by atoms with van der Waals surface area (Å²) < 4.78 is 0. The predicted octanol–water partition coefficient (Wildman–Crippen LogP) is 1.64. The Bertz CT molecular complexity index is 314. The van der Waals surface area contributed by atoms with Crippen LogP contribution in [-0.2, 0) is 0 Å². The fourth-order valence-corrected chi connectivity index (χ4v) is 1.66. The first-order valence-corrected chi connectivity index (χ1v) is 4.57. The Morgan fingerprint density at radius 2 is 2.38 bits per heavy atom. The van der Waals surface area contributed by atoms with Crippen LogP contribution in [0.1, 0.15) is 30.8 Å². The number of aromatic amines is 1. The molecule has 0 spiro atoms. The fraction of sp³-hybridized carbons (Fsp3) is 0.500. The van der Waals surface area contributed by atoms with E-state index in [1.807, 2.05) is 17.0 Å². The zero-order valence-electron chi connectivity index (χ0n) is 8.00. The fourth-order valence-electron chi connectivity index (χ4n) is 1.66. The topological polar surface area (TPSA) is 36.1 Å². The van der Waals surface area contributed by atoms with E-state index in [1.54, 1.807) is 6.20 Å². The molecule has 2 rings (SSSR count). The summed E-state index contributed by atoms with van der Waals surface area (Å²) >= 11 is 0. The molecule has 1 amide bonds. The van der Waals surface area contributed by atoms with Crippen LogP contribution in [0.25, 0.3) is 0 Å². The van der Waals surface area contributed by atoms with E-state index < -0.39 is 0 Å². The van der Waals surface area contributed by atoms with Gasteiger partial charge in [-0.1, -0.05) is 0 Å². The molecule has 0 radical (unpaired) electrons. The summed E-state index contributed by atoms with van der Waals surface area (Å²) in [6.07, 6.45) is 2.87. The van der Waals surface area contributed by atoms with Crippen LogP contribution in [-0.4, -0.2) is 27.9 Å². The van der Waals surface area contributed by atoms with Crippen molar-refractivity contribution in [2.45, 2.75) is 25.8 Å². The summed E-state index contributed by atoms with van der Waals surface area (Å²) in [5.74, 6) is 0.112. The highest BCUT2D eigenvalue weighted by Gasteiger charge is 2.39. The number of aromatic nitrogens is 1. The van der Waals surface area contributed by atoms with Gasteiger partial charge in [-0.15, -0.1) is 0 Å². The Morgan fingerprint density at radius 3 is 2.77 bits per heavy atom. The maximum Gasteiger partial charge on any atom is 0.270 e. The van der Waals surface area contributed by atoms with Crippen LogP contribution < -0.4 is 0 Å². The van der Waals surface area contributed by atoms with Crippen molar-refractivity contribution in [2.24, 2.45) is 0 Å². The Morgan fingerprint density at radius 1 is 1.62 bits per heavy atom. The molecule has 0 unspecified atom stereocenters. The number of amides is 1. The summed E-state index contributed by atoms with van der Waals surface area (Å²) in [6.45, 7) is 5.07. The minimum absolute atomic E-state index is 0.0438. The van der Waals surface area contributed by atoms with Crippen LogP contribution in [0, 0.1) is 0 Å². The van der Waals surface area contributed by atoms with Gasteiger partial charge in [-0.05, 0) is 32.4 Å². The lowest BCUT2D eigenvalue weighted by Crippen LogP contribution is -2.58. The van der Waals surface area contributed by atoms with Crippen LogP contribution in [0.5, 0.6) is 0 Å². The van der Waals surface area contributed by atoms with Crippen LogP contribution in [0.2, 0.25) is 0 Å². The maximum absolute atomic E-state index is 11.8. The van der Waals surface area contributed by atoms with E-state index in [9.17, 15) is 4.79 Å². The normalized spacial score (nSPS) is 19.7. The number of carbonyl (C=O) groups excluding carboxylic acids is 1. The third-order valence-electron chi connectivity index (χ3n) is 2.75. The number of hydrogen-bond acceptors (Lipinski definition) is 1. The van der Waals surface area contributed by atoms with Crippen molar-refractivity contribution in [3.63, 3.8) is 0 Å². The third-order valence-corrected chi connectivity index (χ3v) is 2.75. The van der Waals surface area contributed by atoms with Gasteiger partial charge >= 0.3 is 0 Å². The molecule has 2 heterocycles. The Balaban J connectivity index is 2.15. The molecule has 0 bridgehead atoms. The molecule has 1 fully saturated rings. The van der Waals surface area contributed by atoms with Gasteiger partial charge < -0.3 is 9.88 Å². The average Bonchev–Trinajstić information content (AvgIpc) is 2.54. The van der Waals surface area contributed by atoms with Crippen LogP contribution in [0.4, 0.5) is 0 Å². The quantitative estimate of drug-likeness (QED) is 0.697. The first-order chi connectivity index (χ1) is 6.11. The van der Waals surface area contributed by atoms with Gasteiger partial charge in [-0.3, -0.25) is 4.79 Å². The Hall–Kier alpha value is -1.25. The van der Waals surface area contributed by atoms with Crippen molar-refractivity contribution in [3.05, 3.63) is 24.0 Å². The zero-order chi connectivity index (χ0) is 9.47. The van der Waals surface area contributed by atoms with Gasteiger partial charge in [0.1, 0.15) is 5.69 Å². The highest BCUT2D eigenvalue weighted by atomic mass is 16.2. The van der Waals surface area contributed by atoms with Gasteiger partial charge in [-0.2, -0.15) is 0 Å². The lowest BCUT2D eigenvalue weighted by Gasteiger charge is -2.48. The Labute approximate surface area is 77.7 Å². The number of hydrogen-bond donors (Lipinski definition) is 1. The summed E-state index contributed by atoms with van der Waals surface area (Å²) in [5.41, 5.74) is 0.732. The molecular formula is C10H14N2O. The molecule has 0 saturated carbocycles. The molecule has 1 saturated heterocycles. The van der Waals surface area contributed by atoms with Crippen molar-refractivity contribution in [1.82, 2.24) is 9.88 Å². The van der Waals surface area contributed by atoms with Crippen molar-refractivity contribution in [2.75, 3.05) is 6.54 Å². The Kier molecular flexibility index (Phi) is 1.68. The van der Waals surface area contributed by atoms with Crippen molar-refractivity contribution >= 4 is 5.91 Å². The second kappa shape index (κ2) is 2.62. The molecule has 0 aliphatic carbocycles. The van der Waals surface area contributed by atoms with Crippen LogP contribution in [0.3, 0.4) is 0 Å². The summed E-state index contributed by atoms with van der Waals surface area (Å²) in [7, 11) is 0. The third kappa shape index (κ3) is 1.24. The molecule has 0 aromatic carbocycles. The molecule has 1 aromatic heterocycles. The minimum Gasteiger partial charge on any atom is -0.357 e. The van der Waals surface area contributed by atoms with Crippen molar-refractivity contribution in [1.29, 1.82) is 0 Å². The number of nitrogens with zero attached hydrogens (tertiary/aromatic N) is 1. The average molecular weight is 178 g/mol. The van der Waals surface area contributed by atoms with E-state index >= 15 is 0 Å². The van der Waals surface area contributed by atoms with Crippen molar-refractivity contribution < 1.29 is 4.79 Å². The van der Waals surface area contributed by atoms with Gasteiger partial charge in [0.2, 0.25) is 0 Å². The lowest BCUT2D eigenvalue weighted by molar-refractivity contribution is 0.0153. The number of carbonyl (C=O) groups is 1. The van der Waals surface area contributed by atoms with Gasteiger partial charge in [0.15, 0.2) is 0 Å². The second-order valence-electron chi connectivity index (χ2n) is 4.10. The van der Waals surface area contributed by atoms with E-state index in [0.29, 0.717) is 5.69 Å². The molecular weight excluding hydrogens is 164 g/mol. The van der Waals surface area contributed by atoms with E-state index in [0.717, 1.165) is 13.0 Å². The smallest absolute Gasteiger partial charge is 0.270 e. The molecule has 1 aliphatic rings. The largest absolute Gasteiger partial charge is 0.357 e. The number of H-pyrrole nitrogens is 1. The van der Waals surface area contributed by atoms with E-state index in [1.165, 1.54) is 0 Å². The molecule has 70 valence electrons. The monoisotopic (exact) mass is 178 g/mol. The number of likely N-dealkylation sites (tertiary alicyclic amines) is 1. The lowest BCUT2D eigenvalue weighted by atomic mass is 9.88. The summed E-state index contributed by atoms with van der Waals surface area (Å²) in [6, 6.07) is 3.66. The summed E-state index contributed by atoms with van der Waals surface area (Å²) in [4.78, 5) is 16.6. The highest BCUT2D eigenvalue weighted by Crippen LogP contribution is 2.30. The van der Waals surface area contributed by atoms with Gasteiger partial charge in [-0.25, -0.2) is 0 Å². The zero-order valence-corrected chi connectivity index (χ0v) is 8.00. The number of nitrogens with one attached hydrogen (secondary N) is 1. The molecule has 1 aliphatic heterocycles. The van der Waals surface area contributed by atoms with Gasteiger partial charge in [0.25, 0.3) is 5.91 Å². The number of rotatable bonds is 1. The molecule has 13 heavy (non-hydrogen) atoms. The first-order valence-electron chi connectivity index (χ1n) is 4.57. The second-order valence-corrected chi connectivity index (χ2v) is 4.10. The molecule has 1 aromatic rings. The minimum atomic E-state index is 0.0438. The standard InChI is InChI=1S/C10H14N2O/c1-10(2)5-7-12(10)9(13)8-4-3-6-11-8/h3-4,6,11H,5,7H2,1-2H3. The molecule has 3 heteroatoms. The van der Waals surface area contributed by atoms with Crippen molar-refractivity contribution in [3.8, 4) is 0 Å². The van der Waals surface area contributed by atoms with Gasteiger partial charge in [0, 0.05) is 18.3 Å². The molecule has 1 N–H and O–H groups in total. The van der Waals surface area contributed by atoms with Crippen LogP contribution in [0.15, 0.2) is 18.3 Å². The predicted molar refractivity (Wildman–Crippen MR) is 50.5 cm³/mol. The molecule has 3 nitrogen and oxygen atoms in total. The van der Waals surface area contributed by atoms with E-state index in [4.69, 9.17) is 0 Å². The SMILES string of the molecule is CC1(C)CCN1C(=O)c1ccc[nH]1. The van der Waals surface area contributed by atoms with Crippen LogP contribution >= 0.6 is 0 Å². The highest BCUT2D eigenvalue weighted by molar-refractivity contribution is 5.93. The first kappa shape index (κ1) is 8.35. The van der Waals surface area contributed by atoms with Gasteiger partial charge in [0.05, 0.1) is 0 Å². The van der Waals surface area contributed by atoms with E-state index in [-0.39, 0.29) is 11.4 Å².